The molecule has 0 fully saturated rings. The van der Waals surface area contributed by atoms with Crippen molar-refractivity contribution in [2.75, 3.05) is 5.32 Å². The molecule has 0 amide bonds. The Kier molecular flexibility index (Phi) is 3.02. The molecule has 0 bridgehead atoms. The van der Waals surface area contributed by atoms with Gasteiger partial charge < -0.3 is 5.32 Å². The maximum absolute atomic E-state index is 4.19. The van der Waals surface area contributed by atoms with E-state index in [9.17, 15) is 0 Å². The Morgan fingerprint density at radius 3 is 2.87 bits per heavy atom. The fraction of sp³-hybridized carbons (Fsp3) is 0.250. The predicted molar refractivity (Wildman–Crippen MR) is 65.4 cm³/mol. The number of anilines is 1. The van der Waals surface area contributed by atoms with Crippen LogP contribution in [0.3, 0.4) is 0 Å². The Morgan fingerprint density at radius 2 is 2.20 bits per heavy atom. The molecule has 78 valence electrons. The van der Waals surface area contributed by atoms with Gasteiger partial charge >= 0.3 is 0 Å². The van der Waals surface area contributed by atoms with E-state index in [0.717, 1.165) is 11.7 Å². The number of hydrogen-bond donors (Lipinski definition) is 1. The van der Waals surface area contributed by atoms with Crippen molar-refractivity contribution >= 4 is 16.5 Å². The van der Waals surface area contributed by atoms with Crippen LogP contribution in [-0.4, -0.2) is 4.98 Å². The topological polar surface area (TPSA) is 24.9 Å². The number of nitrogens with zero attached hydrogens (tertiary/aromatic N) is 1. The zero-order valence-corrected chi connectivity index (χ0v) is 9.77. The van der Waals surface area contributed by atoms with Crippen LogP contribution in [0.15, 0.2) is 29.8 Å². The number of rotatable bonds is 3. The van der Waals surface area contributed by atoms with Gasteiger partial charge in [0.2, 0.25) is 0 Å². The highest BCUT2D eigenvalue weighted by Gasteiger charge is 1.99. The molecule has 2 nitrogen and oxygen atoms in total. The van der Waals surface area contributed by atoms with Crippen molar-refractivity contribution in [3.8, 4) is 0 Å². The van der Waals surface area contributed by atoms with Gasteiger partial charge in [0.05, 0.1) is 0 Å². The highest BCUT2D eigenvalue weighted by atomic mass is 32.1. The van der Waals surface area contributed by atoms with Crippen molar-refractivity contribution in [1.82, 2.24) is 4.98 Å². The average molecular weight is 218 g/mol. The molecule has 0 aliphatic heterocycles. The normalized spacial score (nSPS) is 10.3. The van der Waals surface area contributed by atoms with E-state index in [1.807, 2.05) is 11.6 Å². The van der Waals surface area contributed by atoms with Crippen molar-refractivity contribution < 1.29 is 0 Å². The second-order valence-electron chi connectivity index (χ2n) is 3.62. The van der Waals surface area contributed by atoms with E-state index < -0.39 is 0 Å². The Hall–Kier alpha value is -1.35. The highest BCUT2D eigenvalue weighted by molar-refractivity contribution is 7.13. The monoisotopic (exact) mass is 218 g/mol. The summed E-state index contributed by atoms with van der Waals surface area (Å²) in [7, 11) is 0. The van der Waals surface area contributed by atoms with Crippen LogP contribution in [0.1, 0.15) is 16.7 Å². The minimum atomic E-state index is 0.847. The number of hydrogen-bond acceptors (Lipinski definition) is 3. The van der Waals surface area contributed by atoms with Crippen LogP contribution >= 0.6 is 11.3 Å². The fourth-order valence-corrected chi connectivity index (χ4v) is 2.05. The van der Waals surface area contributed by atoms with Crippen LogP contribution in [0.2, 0.25) is 0 Å². The summed E-state index contributed by atoms with van der Waals surface area (Å²) < 4.78 is 0. The Labute approximate surface area is 94.0 Å². The second-order valence-corrected chi connectivity index (χ2v) is 4.52. The second kappa shape index (κ2) is 4.45. The number of aromatic nitrogens is 1. The van der Waals surface area contributed by atoms with E-state index in [0.29, 0.717) is 0 Å². The average Bonchev–Trinajstić information content (AvgIpc) is 2.69. The molecule has 1 heterocycles. The van der Waals surface area contributed by atoms with Crippen LogP contribution in [-0.2, 0) is 6.54 Å². The van der Waals surface area contributed by atoms with Crippen molar-refractivity contribution in [2.45, 2.75) is 20.4 Å². The molecule has 0 saturated heterocycles. The summed E-state index contributed by atoms with van der Waals surface area (Å²) in [5.74, 6) is 0. The fourth-order valence-electron chi connectivity index (χ4n) is 1.53. The van der Waals surface area contributed by atoms with Crippen molar-refractivity contribution in [1.29, 1.82) is 0 Å². The maximum Gasteiger partial charge on any atom is 0.182 e. The molecule has 0 unspecified atom stereocenters. The smallest absolute Gasteiger partial charge is 0.182 e. The van der Waals surface area contributed by atoms with Crippen molar-refractivity contribution in [3.63, 3.8) is 0 Å². The standard InChI is InChI=1S/C12H14N2S/c1-9-3-4-11(10(2)7-9)8-14-12-13-5-6-15-12/h3-7H,8H2,1-2H3,(H,13,14). The van der Waals surface area contributed by atoms with Gasteiger partial charge in [0, 0.05) is 18.1 Å². The zero-order valence-electron chi connectivity index (χ0n) is 8.95. The van der Waals surface area contributed by atoms with E-state index >= 15 is 0 Å². The molecule has 0 radical (unpaired) electrons. The third-order valence-corrected chi connectivity index (χ3v) is 3.09. The Morgan fingerprint density at radius 1 is 1.33 bits per heavy atom. The highest BCUT2D eigenvalue weighted by Crippen LogP contribution is 2.15. The number of benzene rings is 1. The Bertz CT molecular complexity index is 435. The third-order valence-electron chi connectivity index (χ3n) is 2.36. The molecule has 0 spiro atoms. The summed E-state index contributed by atoms with van der Waals surface area (Å²) in [4.78, 5) is 4.19. The first-order valence-corrected chi connectivity index (χ1v) is 5.83. The SMILES string of the molecule is Cc1ccc(CNc2nccs2)c(C)c1. The third kappa shape index (κ3) is 2.57. The molecule has 1 aromatic carbocycles. The minimum Gasteiger partial charge on any atom is -0.357 e. The van der Waals surface area contributed by atoms with E-state index in [4.69, 9.17) is 0 Å². The quantitative estimate of drug-likeness (QED) is 0.854. The molecular weight excluding hydrogens is 204 g/mol. The first kappa shape index (κ1) is 10.2. The lowest BCUT2D eigenvalue weighted by molar-refractivity contribution is 1.10. The van der Waals surface area contributed by atoms with Crippen molar-refractivity contribution in [3.05, 3.63) is 46.5 Å². The molecule has 1 N–H and O–H groups in total. The molecule has 2 rings (SSSR count). The predicted octanol–water partition coefficient (Wildman–Crippen LogP) is 3.37. The van der Waals surface area contributed by atoms with E-state index in [1.54, 1.807) is 11.3 Å². The summed E-state index contributed by atoms with van der Waals surface area (Å²) >= 11 is 1.63. The van der Waals surface area contributed by atoms with Crippen LogP contribution in [0.4, 0.5) is 5.13 Å². The van der Waals surface area contributed by atoms with Gasteiger partial charge in [-0.3, -0.25) is 0 Å². The zero-order chi connectivity index (χ0) is 10.7. The summed E-state index contributed by atoms with van der Waals surface area (Å²) in [6, 6.07) is 6.52. The maximum atomic E-state index is 4.19. The van der Waals surface area contributed by atoms with E-state index in [1.165, 1.54) is 16.7 Å². The Balaban J connectivity index is 2.05. The number of thiazole rings is 1. The van der Waals surface area contributed by atoms with Crippen LogP contribution in [0.5, 0.6) is 0 Å². The minimum absolute atomic E-state index is 0.847. The van der Waals surface area contributed by atoms with Crippen LogP contribution in [0, 0.1) is 13.8 Å². The summed E-state index contributed by atoms with van der Waals surface area (Å²) in [5, 5.41) is 6.27. The molecule has 0 aliphatic carbocycles. The lowest BCUT2D eigenvalue weighted by atomic mass is 10.1. The van der Waals surface area contributed by atoms with E-state index in [2.05, 4.69) is 42.3 Å². The molecule has 3 heteroatoms. The van der Waals surface area contributed by atoms with Crippen LogP contribution in [0.25, 0.3) is 0 Å². The lowest BCUT2D eigenvalue weighted by Crippen LogP contribution is -2.00. The van der Waals surface area contributed by atoms with Gasteiger partial charge in [-0.2, -0.15) is 0 Å². The largest absolute Gasteiger partial charge is 0.357 e. The summed E-state index contributed by atoms with van der Waals surface area (Å²) in [5.41, 5.74) is 3.97. The van der Waals surface area contributed by atoms with Crippen molar-refractivity contribution in [2.24, 2.45) is 0 Å². The van der Waals surface area contributed by atoms with Gasteiger partial charge in [-0.1, -0.05) is 23.8 Å². The van der Waals surface area contributed by atoms with Gasteiger partial charge in [-0.25, -0.2) is 4.98 Å². The molecule has 0 saturated carbocycles. The lowest BCUT2D eigenvalue weighted by Gasteiger charge is -2.07. The number of aryl methyl sites for hydroxylation is 2. The molecular formula is C12H14N2S. The number of nitrogens with one attached hydrogen (secondary N) is 1. The summed E-state index contributed by atoms with van der Waals surface area (Å²) in [6.45, 7) is 5.11. The summed E-state index contributed by atoms with van der Waals surface area (Å²) in [6.07, 6.45) is 1.81. The van der Waals surface area contributed by atoms with Gasteiger partial charge in [-0.05, 0) is 25.0 Å². The van der Waals surface area contributed by atoms with E-state index in [-0.39, 0.29) is 0 Å². The molecule has 0 aliphatic rings. The molecule has 15 heavy (non-hydrogen) atoms. The molecule has 1 aromatic heterocycles. The van der Waals surface area contributed by atoms with Gasteiger partial charge in [0.25, 0.3) is 0 Å². The van der Waals surface area contributed by atoms with Gasteiger partial charge in [0.15, 0.2) is 5.13 Å². The van der Waals surface area contributed by atoms with Gasteiger partial charge in [-0.15, -0.1) is 11.3 Å². The molecule has 0 atom stereocenters. The van der Waals surface area contributed by atoms with Gasteiger partial charge in [0.1, 0.15) is 0 Å². The molecule has 2 aromatic rings. The first-order chi connectivity index (χ1) is 7.25. The first-order valence-electron chi connectivity index (χ1n) is 4.95. The van der Waals surface area contributed by atoms with Crippen LogP contribution < -0.4 is 5.32 Å².